The quantitative estimate of drug-likeness (QED) is 0.359. The minimum atomic E-state index is -0.252. The van der Waals surface area contributed by atoms with E-state index in [1.165, 1.54) is 11.8 Å². The Morgan fingerprint density at radius 1 is 1.38 bits per heavy atom. The van der Waals surface area contributed by atoms with Gasteiger partial charge >= 0.3 is 0 Å². The zero-order valence-corrected chi connectivity index (χ0v) is 16.9. The Kier molecular flexibility index (Phi) is 5.95. The van der Waals surface area contributed by atoms with Crippen LogP contribution >= 0.6 is 39.3 Å². The van der Waals surface area contributed by atoms with Gasteiger partial charge in [-0.05, 0) is 37.3 Å². The summed E-state index contributed by atoms with van der Waals surface area (Å²) in [5.74, 6) is -0.155. The van der Waals surface area contributed by atoms with Gasteiger partial charge in [-0.25, -0.2) is 9.97 Å². The maximum absolute atomic E-state index is 12.7. The molecule has 0 saturated heterocycles. The number of pyridine rings is 1. The zero-order valence-electron chi connectivity index (χ0n) is 13.7. The van der Waals surface area contributed by atoms with Crippen molar-refractivity contribution in [2.45, 2.75) is 18.6 Å². The molecule has 0 radical (unpaired) electrons. The third kappa shape index (κ3) is 4.08. The molecule has 0 fully saturated rings. The molecule has 0 spiro atoms. The number of hydrogen-bond acceptors (Lipinski definition) is 5. The fourth-order valence-electron chi connectivity index (χ4n) is 2.36. The first-order valence-corrected chi connectivity index (χ1v) is 9.88. The molecular formula is C17H14BrClN4O2S. The van der Waals surface area contributed by atoms with E-state index >= 15 is 0 Å². The van der Waals surface area contributed by atoms with E-state index in [-0.39, 0.29) is 22.4 Å². The first kappa shape index (κ1) is 18.9. The largest absolute Gasteiger partial charge is 0.323 e. The number of carbonyl (C=O) groups excluding carboxylic acids is 1. The van der Waals surface area contributed by atoms with E-state index in [4.69, 9.17) is 11.6 Å². The van der Waals surface area contributed by atoms with Gasteiger partial charge in [-0.3, -0.25) is 14.2 Å². The number of amides is 1. The monoisotopic (exact) mass is 452 g/mol. The molecule has 0 aliphatic rings. The van der Waals surface area contributed by atoms with Gasteiger partial charge in [-0.1, -0.05) is 39.3 Å². The number of nitrogens with one attached hydrogen (secondary N) is 1. The van der Waals surface area contributed by atoms with Crippen LogP contribution in [0.2, 0.25) is 5.15 Å². The van der Waals surface area contributed by atoms with Crippen LogP contribution in [0.15, 0.2) is 51.0 Å². The van der Waals surface area contributed by atoms with Crippen LogP contribution < -0.4 is 10.9 Å². The van der Waals surface area contributed by atoms with Crippen molar-refractivity contribution in [1.82, 2.24) is 14.5 Å². The Balaban J connectivity index is 1.82. The summed E-state index contributed by atoms with van der Waals surface area (Å²) in [4.78, 5) is 33.3. The van der Waals surface area contributed by atoms with Gasteiger partial charge in [0.1, 0.15) is 0 Å². The van der Waals surface area contributed by atoms with Crippen LogP contribution in [0, 0.1) is 0 Å². The lowest BCUT2D eigenvalue weighted by Crippen LogP contribution is -2.23. The van der Waals surface area contributed by atoms with Gasteiger partial charge in [0.25, 0.3) is 5.56 Å². The van der Waals surface area contributed by atoms with E-state index in [0.29, 0.717) is 28.3 Å². The molecule has 0 unspecified atom stereocenters. The van der Waals surface area contributed by atoms with E-state index in [2.05, 4.69) is 31.2 Å². The van der Waals surface area contributed by atoms with Crippen molar-refractivity contribution in [3.05, 3.63) is 56.5 Å². The number of carbonyl (C=O) groups is 1. The number of nitrogens with zero attached hydrogens (tertiary/aromatic N) is 3. The van der Waals surface area contributed by atoms with Crippen molar-refractivity contribution in [2.24, 2.45) is 0 Å². The van der Waals surface area contributed by atoms with Crippen LogP contribution in [0.25, 0.3) is 10.9 Å². The van der Waals surface area contributed by atoms with Gasteiger partial charge in [-0.15, -0.1) is 0 Å². The lowest BCUT2D eigenvalue weighted by molar-refractivity contribution is -0.113. The standard InChI is InChI=1S/C17H14BrClN4O2S/c1-2-23-16(25)11-8-10(18)5-6-12(11)22-17(23)26-9-14(24)21-13-4-3-7-20-15(13)19/h3-8H,2,9H2,1H3,(H,21,24). The highest BCUT2D eigenvalue weighted by molar-refractivity contribution is 9.10. The fourth-order valence-corrected chi connectivity index (χ4v) is 3.75. The third-order valence-electron chi connectivity index (χ3n) is 3.56. The molecule has 3 aromatic rings. The molecule has 6 nitrogen and oxygen atoms in total. The van der Waals surface area contributed by atoms with Gasteiger partial charge in [-0.2, -0.15) is 0 Å². The molecule has 9 heteroatoms. The summed E-state index contributed by atoms with van der Waals surface area (Å²) in [6.45, 7) is 2.33. The predicted octanol–water partition coefficient (Wildman–Crippen LogP) is 3.96. The van der Waals surface area contributed by atoms with Crippen LogP contribution in [-0.2, 0) is 11.3 Å². The average molecular weight is 454 g/mol. The Bertz CT molecular complexity index is 1040. The van der Waals surface area contributed by atoms with Gasteiger partial charge in [0.15, 0.2) is 10.3 Å². The molecule has 0 aliphatic carbocycles. The minimum absolute atomic E-state index is 0.0969. The summed E-state index contributed by atoms with van der Waals surface area (Å²) in [5.41, 5.74) is 0.919. The molecule has 1 amide bonds. The highest BCUT2D eigenvalue weighted by Crippen LogP contribution is 2.22. The summed E-state index contributed by atoms with van der Waals surface area (Å²) in [6, 6.07) is 8.72. The maximum atomic E-state index is 12.7. The van der Waals surface area contributed by atoms with Crippen LogP contribution in [0.1, 0.15) is 6.92 Å². The second-order valence-electron chi connectivity index (χ2n) is 5.28. The predicted molar refractivity (Wildman–Crippen MR) is 108 cm³/mol. The first-order chi connectivity index (χ1) is 12.5. The number of halogens is 2. The fraction of sp³-hybridized carbons (Fsp3) is 0.176. The number of thioether (sulfide) groups is 1. The summed E-state index contributed by atoms with van der Waals surface area (Å²) < 4.78 is 2.38. The van der Waals surface area contributed by atoms with Crippen molar-refractivity contribution in [2.75, 3.05) is 11.1 Å². The lowest BCUT2D eigenvalue weighted by Gasteiger charge is -2.11. The number of fused-ring (bicyclic) bond motifs is 1. The van der Waals surface area contributed by atoms with Crippen LogP contribution in [0.5, 0.6) is 0 Å². The van der Waals surface area contributed by atoms with E-state index in [9.17, 15) is 9.59 Å². The highest BCUT2D eigenvalue weighted by atomic mass is 79.9. The smallest absolute Gasteiger partial charge is 0.262 e. The Morgan fingerprint density at radius 3 is 2.92 bits per heavy atom. The van der Waals surface area contributed by atoms with Crippen molar-refractivity contribution in [1.29, 1.82) is 0 Å². The molecule has 134 valence electrons. The van der Waals surface area contributed by atoms with Crippen molar-refractivity contribution in [3.63, 3.8) is 0 Å². The second-order valence-corrected chi connectivity index (χ2v) is 7.50. The zero-order chi connectivity index (χ0) is 18.7. The molecule has 3 rings (SSSR count). The topological polar surface area (TPSA) is 76.9 Å². The van der Waals surface area contributed by atoms with E-state index in [1.807, 2.05) is 13.0 Å². The van der Waals surface area contributed by atoms with Crippen LogP contribution in [0.3, 0.4) is 0 Å². The third-order valence-corrected chi connectivity index (χ3v) is 5.33. The molecule has 2 aromatic heterocycles. The number of rotatable bonds is 5. The molecule has 0 aliphatic heterocycles. The molecule has 0 bridgehead atoms. The Hall–Kier alpha value is -1.90. The van der Waals surface area contributed by atoms with E-state index in [0.717, 1.165) is 4.47 Å². The lowest BCUT2D eigenvalue weighted by atomic mass is 10.2. The van der Waals surface area contributed by atoms with Gasteiger partial charge in [0.2, 0.25) is 5.91 Å². The van der Waals surface area contributed by atoms with Crippen molar-refractivity contribution < 1.29 is 4.79 Å². The Morgan fingerprint density at radius 2 is 2.19 bits per heavy atom. The number of anilines is 1. The van der Waals surface area contributed by atoms with E-state index in [1.54, 1.807) is 35.0 Å². The SMILES string of the molecule is CCn1c(SCC(=O)Nc2cccnc2Cl)nc2ccc(Br)cc2c1=O. The molecule has 1 N–H and O–H groups in total. The second kappa shape index (κ2) is 8.20. The Labute approximate surface area is 167 Å². The summed E-state index contributed by atoms with van der Waals surface area (Å²) in [5, 5.41) is 3.97. The summed E-state index contributed by atoms with van der Waals surface area (Å²) in [6.07, 6.45) is 1.55. The van der Waals surface area contributed by atoms with Gasteiger partial charge < -0.3 is 5.32 Å². The first-order valence-electron chi connectivity index (χ1n) is 7.73. The van der Waals surface area contributed by atoms with Crippen LogP contribution in [-0.4, -0.2) is 26.2 Å². The minimum Gasteiger partial charge on any atom is -0.323 e. The molecular weight excluding hydrogens is 440 g/mol. The van der Waals surface area contributed by atoms with Crippen molar-refractivity contribution in [3.8, 4) is 0 Å². The van der Waals surface area contributed by atoms with Gasteiger partial charge in [0, 0.05) is 17.2 Å². The molecule has 2 heterocycles. The van der Waals surface area contributed by atoms with Crippen LogP contribution in [0.4, 0.5) is 5.69 Å². The summed E-state index contributed by atoms with van der Waals surface area (Å²) in [7, 11) is 0. The molecule has 26 heavy (non-hydrogen) atoms. The van der Waals surface area contributed by atoms with Crippen molar-refractivity contribution >= 4 is 61.8 Å². The maximum Gasteiger partial charge on any atom is 0.262 e. The normalized spacial score (nSPS) is 10.9. The highest BCUT2D eigenvalue weighted by Gasteiger charge is 2.13. The summed E-state index contributed by atoms with van der Waals surface area (Å²) >= 11 is 10.5. The number of hydrogen-bond donors (Lipinski definition) is 1. The van der Waals surface area contributed by atoms with Gasteiger partial charge in [0.05, 0.1) is 22.3 Å². The molecule has 1 aromatic carbocycles. The molecule has 0 saturated carbocycles. The van der Waals surface area contributed by atoms with E-state index < -0.39 is 0 Å². The molecule has 0 atom stereocenters. The number of benzene rings is 1. The number of aromatic nitrogens is 3. The average Bonchev–Trinajstić information content (AvgIpc) is 2.62.